The Kier molecular flexibility index (Phi) is 3.01. The van der Waals surface area contributed by atoms with Crippen molar-refractivity contribution in [2.24, 2.45) is 5.92 Å². The molecule has 0 spiro atoms. The fourth-order valence-electron chi connectivity index (χ4n) is 3.14. The van der Waals surface area contributed by atoms with Crippen LogP contribution in [0.1, 0.15) is 34.3 Å². The first kappa shape index (κ1) is 12.2. The van der Waals surface area contributed by atoms with E-state index in [1.807, 2.05) is 12.1 Å². The van der Waals surface area contributed by atoms with Gasteiger partial charge in [-0.25, -0.2) is 0 Å². The van der Waals surface area contributed by atoms with Crippen molar-refractivity contribution in [1.29, 1.82) is 0 Å². The van der Waals surface area contributed by atoms with Gasteiger partial charge >= 0.3 is 5.97 Å². The summed E-state index contributed by atoms with van der Waals surface area (Å²) in [4.78, 5) is 25.2. The number of rotatable bonds is 2. The molecule has 100 valence electrons. The van der Waals surface area contributed by atoms with Crippen molar-refractivity contribution in [3.63, 3.8) is 0 Å². The molecule has 1 aromatic carbocycles. The van der Waals surface area contributed by atoms with Crippen LogP contribution < -0.4 is 0 Å². The molecule has 1 atom stereocenters. The Morgan fingerprint density at radius 1 is 1.26 bits per heavy atom. The first-order valence-corrected chi connectivity index (χ1v) is 6.79. The van der Waals surface area contributed by atoms with E-state index in [1.165, 1.54) is 11.1 Å². The summed E-state index contributed by atoms with van der Waals surface area (Å²) in [5.41, 5.74) is 3.23. The lowest BCUT2D eigenvalue weighted by Gasteiger charge is -2.18. The number of hydrogen-bond acceptors (Lipinski definition) is 2. The van der Waals surface area contributed by atoms with E-state index in [9.17, 15) is 9.59 Å². The number of aliphatic carboxylic acids is 1. The highest BCUT2D eigenvalue weighted by Gasteiger charge is 2.32. The zero-order valence-electron chi connectivity index (χ0n) is 10.8. The highest BCUT2D eigenvalue weighted by molar-refractivity contribution is 5.96. The second-order valence-corrected chi connectivity index (χ2v) is 5.37. The van der Waals surface area contributed by atoms with Crippen LogP contribution in [0.2, 0.25) is 0 Å². The third-order valence-corrected chi connectivity index (χ3v) is 4.20. The van der Waals surface area contributed by atoms with Gasteiger partial charge in [0, 0.05) is 18.7 Å². The van der Waals surface area contributed by atoms with Crippen LogP contribution >= 0.6 is 0 Å². The van der Waals surface area contributed by atoms with Crippen LogP contribution in [0.15, 0.2) is 18.2 Å². The molecule has 4 nitrogen and oxygen atoms in total. The minimum atomic E-state index is -0.798. The molecule has 1 aliphatic carbocycles. The van der Waals surface area contributed by atoms with Crippen molar-refractivity contribution >= 4 is 11.9 Å². The minimum Gasteiger partial charge on any atom is -0.481 e. The second kappa shape index (κ2) is 4.68. The van der Waals surface area contributed by atoms with Crippen LogP contribution in [-0.2, 0) is 17.6 Å². The van der Waals surface area contributed by atoms with Crippen molar-refractivity contribution in [3.8, 4) is 0 Å². The average Bonchev–Trinajstić information content (AvgIpc) is 3.06. The molecule has 1 saturated heterocycles. The monoisotopic (exact) mass is 259 g/mol. The maximum absolute atomic E-state index is 12.5. The highest BCUT2D eigenvalue weighted by Crippen LogP contribution is 2.27. The molecule has 1 heterocycles. The summed E-state index contributed by atoms with van der Waals surface area (Å²) in [6, 6.07) is 5.89. The quantitative estimate of drug-likeness (QED) is 0.879. The first-order chi connectivity index (χ1) is 9.16. The topological polar surface area (TPSA) is 57.6 Å². The normalized spacial score (nSPS) is 21.5. The molecule has 1 unspecified atom stereocenters. The molecule has 1 amide bonds. The van der Waals surface area contributed by atoms with Crippen molar-refractivity contribution in [3.05, 3.63) is 34.9 Å². The number of carboxylic acids is 1. The first-order valence-electron chi connectivity index (χ1n) is 6.79. The van der Waals surface area contributed by atoms with Gasteiger partial charge in [-0.05, 0) is 42.9 Å². The highest BCUT2D eigenvalue weighted by atomic mass is 16.4. The Hall–Kier alpha value is -1.84. The number of carboxylic acid groups (broad SMARTS) is 1. The minimum absolute atomic E-state index is 0.00231. The number of aryl methyl sites for hydroxylation is 1. The molecule has 0 radical (unpaired) electrons. The van der Waals surface area contributed by atoms with Gasteiger partial charge in [-0.2, -0.15) is 0 Å². The Balaban J connectivity index is 1.82. The lowest BCUT2D eigenvalue weighted by atomic mass is 10.0. The van der Waals surface area contributed by atoms with Crippen molar-refractivity contribution in [2.75, 3.05) is 13.1 Å². The van der Waals surface area contributed by atoms with Gasteiger partial charge in [0.1, 0.15) is 0 Å². The molecule has 1 N–H and O–H groups in total. The van der Waals surface area contributed by atoms with Gasteiger partial charge in [0.05, 0.1) is 5.92 Å². The molecule has 1 fully saturated rings. The lowest BCUT2D eigenvalue weighted by molar-refractivity contribution is -0.141. The van der Waals surface area contributed by atoms with Crippen LogP contribution in [0.3, 0.4) is 0 Å². The summed E-state index contributed by atoms with van der Waals surface area (Å²) in [7, 11) is 0. The molecule has 19 heavy (non-hydrogen) atoms. The summed E-state index contributed by atoms with van der Waals surface area (Å²) in [6.07, 6.45) is 3.69. The Bertz CT molecular complexity index is 538. The smallest absolute Gasteiger partial charge is 0.308 e. The molecule has 2 aliphatic rings. The maximum atomic E-state index is 12.5. The zero-order valence-corrected chi connectivity index (χ0v) is 10.8. The molecule has 1 aromatic rings. The molecule has 1 aliphatic heterocycles. The van der Waals surface area contributed by atoms with Gasteiger partial charge in [0.15, 0.2) is 0 Å². The van der Waals surface area contributed by atoms with Gasteiger partial charge in [0.25, 0.3) is 5.91 Å². The van der Waals surface area contributed by atoms with Gasteiger partial charge in [-0.3, -0.25) is 9.59 Å². The fourth-order valence-corrected chi connectivity index (χ4v) is 3.14. The summed E-state index contributed by atoms with van der Waals surface area (Å²) < 4.78 is 0. The van der Waals surface area contributed by atoms with E-state index in [2.05, 4.69) is 6.07 Å². The van der Waals surface area contributed by atoms with Crippen LogP contribution in [0.5, 0.6) is 0 Å². The number of carbonyl (C=O) groups excluding carboxylic acids is 1. The van der Waals surface area contributed by atoms with Gasteiger partial charge in [0.2, 0.25) is 0 Å². The second-order valence-electron chi connectivity index (χ2n) is 5.37. The number of amides is 1. The Labute approximate surface area is 112 Å². The Morgan fingerprint density at radius 2 is 2.11 bits per heavy atom. The molecule has 4 heteroatoms. The average molecular weight is 259 g/mol. The molecule has 0 aromatic heterocycles. The molecule has 0 bridgehead atoms. The fraction of sp³-hybridized carbons (Fsp3) is 0.467. The van der Waals surface area contributed by atoms with Crippen LogP contribution in [-0.4, -0.2) is 35.0 Å². The number of likely N-dealkylation sites (tertiary alicyclic amines) is 1. The van der Waals surface area contributed by atoms with E-state index in [-0.39, 0.29) is 5.91 Å². The van der Waals surface area contributed by atoms with E-state index in [0.717, 1.165) is 24.8 Å². The lowest BCUT2D eigenvalue weighted by Crippen LogP contribution is -2.30. The molecular weight excluding hydrogens is 242 g/mol. The van der Waals surface area contributed by atoms with E-state index in [1.54, 1.807) is 4.90 Å². The number of benzene rings is 1. The zero-order chi connectivity index (χ0) is 13.4. The largest absolute Gasteiger partial charge is 0.481 e. The summed E-state index contributed by atoms with van der Waals surface area (Å²) in [6.45, 7) is 0.900. The van der Waals surface area contributed by atoms with Crippen molar-refractivity contribution in [1.82, 2.24) is 4.90 Å². The van der Waals surface area contributed by atoms with Gasteiger partial charge in [-0.1, -0.05) is 12.1 Å². The van der Waals surface area contributed by atoms with Crippen molar-refractivity contribution < 1.29 is 14.7 Å². The van der Waals surface area contributed by atoms with E-state index in [0.29, 0.717) is 19.5 Å². The summed E-state index contributed by atoms with van der Waals surface area (Å²) in [5, 5.41) is 9.00. The number of carbonyl (C=O) groups is 2. The predicted molar refractivity (Wildman–Crippen MR) is 70.1 cm³/mol. The summed E-state index contributed by atoms with van der Waals surface area (Å²) >= 11 is 0. The molecule has 0 saturated carbocycles. The standard InChI is InChI=1S/C15H17NO3/c17-14(16-8-7-11(9-16)15(18)19)13-6-2-4-10-3-1-5-12(10)13/h2,4,6,11H,1,3,5,7-9H2,(H,18,19). The molecule has 3 rings (SSSR count). The predicted octanol–water partition coefficient (Wildman–Crippen LogP) is 1.72. The molecular formula is C15H17NO3. The van der Waals surface area contributed by atoms with Gasteiger partial charge in [-0.15, -0.1) is 0 Å². The number of hydrogen-bond donors (Lipinski definition) is 1. The van der Waals surface area contributed by atoms with Crippen molar-refractivity contribution in [2.45, 2.75) is 25.7 Å². The third kappa shape index (κ3) is 2.11. The van der Waals surface area contributed by atoms with Gasteiger partial charge < -0.3 is 10.0 Å². The summed E-state index contributed by atoms with van der Waals surface area (Å²) in [5.74, 6) is -1.20. The Morgan fingerprint density at radius 3 is 2.84 bits per heavy atom. The van der Waals surface area contributed by atoms with Crippen LogP contribution in [0, 0.1) is 5.92 Å². The van der Waals surface area contributed by atoms with Crippen LogP contribution in [0.4, 0.5) is 0 Å². The van der Waals surface area contributed by atoms with E-state index < -0.39 is 11.9 Å². The number of fused-ring (bicyclic) bond motifs is 1. The van der Waals surface area contributed by atoms with E-state index >= 15 is 0 Å². The maximum Gasteiger partial charge on any atom is 0.308 e. The SMILES string of the molecule is O=C(O)C1CCN(C(=O)c2cccc3c2CCC3)C1. The van der Waals surface area contributed by atoms with Crippen LogP contribution in [0.25, 0.3) is 0 Å². The number of nitrogens with zero attached hydrogens (tertiary/aromatic N) is 1. The third-order valence-electron chi connectivity index (χ3n) is 4.20. The van der Waals surface area contributed by atoms with E-state index in [4.69, 9.17) is 5.11 Å².